The van der Waals surface area contributed by atoms with Gasteiger partial charge >= 0.3 is 5.97 Å². The molecule has 2 heterocycles. The Morgan fingerprint density at radius 2 is 1.42 bits per heavy atom. The van der Waals surface area contributed by atoms with E-state index in [2.05, 4.69) is 21.9 Å². The fraction of sp³-hybridized carbons (Fsp3) is 0.192. The molecule has 4 aromatic rings. The van der Waals surface area contributed by atoms with Crippen molar-refractivity contribution in [3.63, 3.8) is 0 Å². The highest BCUT2D eigenvalue weighted by molar-refractivity contribution is 5.94. The van der Waals surface area contributed by atoms with Crippen LogP contribution in [0.15, 0.2) is 83.7 Å². The Kier molecular flexibility index (Phi) is 5.52. The number of benzene rings is 3. The first-order valence-electron chi connectivity index (χ1n) is 10.9. The molecule has 0 amide bonds. The van der Waals surface area contributed by atoms with Gasteiger partial charge in [-0.25, -0.2) is 14.3 Å². The fourth-order valence-corrected chi connectivity index (χ4v) is 4.24. The average Bonchev–Trinajstić information content (AvgIpc) is 2.89. The predicted molar refractivity (Wildman–Crippen MR) is 130 cm³/mol. The number of rotatable bonds is 4. The number of nitrogens with zero attached hydrogens (tertiary/aromatic N) is 4. The second-order valence-corrected chi connectivity index (χ2v) is 7.92. The molecule has 1 saturated heterocycles. The van der Waals surface area contributed by atoms with E-state index >= 15 is 0 Å². The fourth-order valence-electron chi connectivity index (χ4n) is 4.24. The quantitative estimate of drug-likeness (QED) is 0.453. The molecule has 0 radical (unpaired) electrons. The van der Waals surface area contributed by atoms with Crippen molar-refractivity contribution in [1.29, 1.82) is 0 Å². The normalized spacial score (nSPS) is 13.8. The van der Waals surface area contributed by atoms with Crippen molar-refractivity contribution in [3.05, 3.63) is 94.8 Å². The van der Waals surface area contributed by atoms with Gasteiger partial charge in [0.2, 0.25) is 5.95 Å². The van der Waals surface area contributed by atoms with E-state index in [0.29, 0.717) is 22.4 Å². The predicted octanol–water partition coefficient (Wildman–Crippen LogP) is 3.50. The molecule has 0 unspecified atom stereocenters. The number of methoxy groups -OCH3 is 1. The van der Waals surface area contributed by atoms with E-state index in [0.717, 1.165) is 31.9 Å². The van der Waals surface area contributed by atoms with Crippen molar-refractivity contribution >= 4 is 28.5 Å². The minimum absolute atomic E-state index is 0.164. The maximum absolute atomic E-state index is 13.6. The number of hydrogen-bond donors (Lipinski definition) is 0. The highest BCUT2D eigenvalue weighted by atomic mass is 16.5. The Labute approximate surface area is 191 Å². The number of hydrogen-bond acceptors (Lipinski definition) is 6. The van der Waals surface area contributed by atoms with Gasteiger partial charge in [0, 0.05) is 31.9 Å². The second kappa shape index (κ2) is 8.78. The molecule has 5 rings (SSSR count). The van der Waals surface area contributed by atoms with Crippen molar-refractivity contribution in [2.75, 3.05) is 43.1 Å². The summed E-state index contributed by atoms with van der Waals surface area (Å²) < 4.78 is 6.51. The third kappa shape index (κ3) is 3.93. The summed E-state index contributed by atoms with van der Waals surface area (Å²) in [5.41, 5.74) is 2.63. The minimum Gasteiger partial charge on any atom is -0.465 e. The molecule has 0 aliphatic carbocycles. The van der Waals surface area contributed by atoms with E-state index in [-0.39, 0.29) is 5.56 Å². The number of para-hydroxylation sites is 2. The summed E-state index contributed by atoms with van der Waals surface area (Å²) >= 11 is 0. The number of piperazine rings is 1. The van der Waals surface area contributed by atoms with E-state index in [1.165, 1.54) is 12.8 Å². The lowest BCUT2D eigenvalue weighted by molar-refractivity contribution is 0.0601. The number of carbonyl (C=O) groups is 1. The van der Waals surface area contributed by atoms with Crippen LogP contribution in [0.25, 0.3) is 16.6 Å². The largest absolute Gasteiger partial charge is 0.465 e. The molecule has 1 aliphatic rings. The van der Waals surface area contributed by atoms with Gasteiger partial charge in [-0.2, -0.15) is 0 Å². The molecule has 0 bridgehead atoms. The lowest BCUT2D eigenvalue weighted by Gasteiger charge is -2.37. The van der Waals surface area contributed by atoms with Crippen molar-refractivity contribution in [1.82, 2.24) is 9.55 Å². The third-order valence-corrected chi connectivity index (χ3v) is 5.97. The summed E-state index contributed by atoms with van der Waals surface area (Å²) in [6.07, 6.45) is 0. The molecule has 0 N–H and O–H groups in total. The molecule has 7 heteroatoms. The number of ether oxygens (including phenoxy) is 1. The van der Waals surface area contributed by atoms with Crippen LogP contribution >= 0.6 is 0 Å². The molecular weight excluding hydrogens is 416 g/mol. The molecule has 7 nitrogen and oxygen atoms in total. The van der Waals surface area contributed by atoms with Crippen molar-refractivity contribution < 1.29 is 9.53 Å². The molecule has 0 spiro atoms. The SMILES string of the molecule is COC(=O)c1ccc2c(=O)n(-c3ccccc3)c(N3CCN(c4ccccc4)CC3)nc2c1. The van der Waals surface area contributed by atoms with Crippen molar-refractivity contribution in [2.24, 2.45) is 0 Å². The molecule has 3 aromatic carbocycles. The standard InChI is InChI=1S/C26H24N4O3/c1-33-25(32)19-12-13-22-23(18-19)27-26(30(24(22)31)21-10-6-3-7-11-21)29-16-14-28(15-17-29)20-8-4-2-5-9-20/h2-13,18H,14-17H2,1H3. The Morgan fingerprint density at radius 3 is 2.06 bits per heavy atom. The number of carbonyl (C=O) groups excluding carboxylic acids is 1. The van der Waals surface area contributed by atoms with E-state index in [4.69, 9.17) is 9.72 Å². The number of esters is 1. The van der Waals surface area contributed by atoms with Crippen LogP contribution in [0.2, 0.25) is 0 Å². The Balaban J connectivity index is 1.58. The van der Waals surface area contributed by atoms with Gasteiger partial charge in [0.25, 0.3) is 5.56 Å². The Bertz CT molecular complexity index is 1340. The van der Waals surface area contributed by atoms with Crippen LogP contribution in [0.5, 0.6) is 0 Å². The molecule has 33 heavy (non-hydrogen) atoms. The lowest BCUT2D eigenvalue weighted by Crippen LogP contribution is -2.48. The third-order valence-electron chi connectivity index (χ3n) is 5.97. The van der Waals surface area contributed by atoms with Gasteiger partial charge in [0.15, 0.2) is 0 Å². The van der Waals surface area contributed by atoms with Gasteiger partial charge in [0.05, 0.1) is 29.3 Å². The first-order valence-corrected chi connectivity index (χ1v) is 10.9. The topological polar surface area (TPSA) is 67.7 Å². The highest BCUT2D eigenvalue weighted by Crippen LogP contribution is 2.23. The number of anilines is 2. The monoisotopic (exact) mass is 440 g/mol. The van der Waals surface area contributed by atoms with Gasteiger partial charge in [-0.3, -0.25) is 4.79 Å². The first kappa shape index (κ1) is 20.8. The summed E-state index contributed by atoms with van der Waals surface area (Å²) in [5.74, 6) is 0.123. The lowest BCUT2D eigenvalue weighted by atomic mass is 10.1. The zero-order chi connectivity index (χ0) is 22.8. The minimum atomic E-state index is -0.455. The summed E-state index contributed by atoms with van der Waals surface area (Å²) in [4.78, 5) is 35.0. The maximum atomic E-state index is 13.6. The van der Waals surface area contributed by atoms with Crippen molar-refractivity contribution in [3.8, 4) is 5.69 Å². The van der Waals surface area contributed by atoms with Crippen molar-refractivity contribution in [2.45, 2.75) is 0 Å². The molecule has 166 valence electrons. The number of fused-ring (bicyclic) bond motifs is 1. The van der Waals surface area contributed by atoms with Gasteiger partial charge in [-0.05, 0) is 42.5 Å². The molecule has 0 saturated carbocycles. The van der Waals surface area contributed by atoms with Crippen LogP contribution in [0.3, 0.4) is 0 Å². The zero-order valence-corrected chi connectivity index (χ0v) is 18.3. The smallest absolute Gasteiger partial charge is 0.337 e. The molecular formula is C26H24N4O3. The van der Waals surface area contributed by atoms with Gasteiger partial charge in [-0.1, -0.05) is 36.4 Å². The molecule has 0 atom stereocenters. The first-order chi connectivity index (χ1) is 16.2. The van der Waals surface area contributed by atoms with Gasteiger partial charge < -0.3 is 14.5 Å². The number of aromatic nitrogens is 2. The van der Waals surface area contributed by atoms with Crippen LogP contribution in [-0.2, 0) is 4.74 Å². The molecule has 1 aliphatic heterocycles. The summed E-state index contributed by atoms with van der Waals surface area (Å²) in [5, 5.41) is 0.457. The van der Waals surface area contributed by atoms with Crippen LogP contribution in [0.4, 0.5) is 11.6 Å². The maximum Gasteiger partial charge on any atom is 0.337 e. The summed E-state index contributed by atoms with van der Waals surface area (Å²) in [6, 6.07) is 24.7. The van der Waals surface area contributed by atoms with E-state index < -0.39 is 5.97 Å². The van der Waals surface area contributed by atoms with Crippen LogP contribution in [0, 0.1) is 0 Å². The van der Waals surface area contributed by atoms with E-state index in [1.807, 2.05) is 48.5 Å². The summed E-state index contributed by atoms with van der Waals surface area (Å²) in [6.45, 7) is 3.07. The van der Waals surface area contributed by atoms with Crippen LogP contribution in [0.1, 0.15) is 10.4 Å². The van der Waals surface area contributed by atoms with Gasteiger partial charge in [0.1, 0.15) is 0 Å². The van der Waals surface area contributed by atoms with E-state index in [1.54, 1.807) is 22.8 Å². The van der Waals surface area contributed by atoms with Crippen LogP contribution in [-0.4, -0.2) is 48.8 Å². The van der Waals surface area contributed by atoms with Crippen LogP contribution < -0.4 is 15.4 Å². The highest BCUT2D eigenvalue weighted by Gasteiger charge is 2.23. The molecule has 1 fully saturated rings. The Morgan fingerprint density at radius 1 is 0.818 bits per heavy atom. The van der Waals surface area contributed by atoms with Gasteiger partial charge in [-0.15, -0.1) is 0 Å². The van der Waals surface area contributed by atoms with E-state index in [9.17, 15) is 9.59 Å². The Hall–Kier alpha value is -4.13. The zero-order valence-electron chi connectivity index (χ0n) is 18.3. The molecule has 1 aromatic heterocycles. The average molecular weight is 441 g/mol. The summed E-state index contributed by atoms with van der Waals surface area (Å²) in [7, 11) is 1.34. The second-order valence-electron chi connectivity index (χ2n) is 7.92.